The van der Waals surface area contributed by atoms with Crippen LogP contribution >= 0.6 is 0 Å². The van der Waals surface area contributed by atoms with Gasteiger partial charge in [-0.2, -0.15) is 0 Å². The van der Waals surface area contributed by atoms with Crippen LogP contribution in [0.15, 0.2) is 42.0 Å². The van der Waals surface area contributed by atoms with Crippen molar-refractivity contribution in [3.8, 4) is 0 Å². The van der Waals surface area contributed by atoms with Crippen molar-refractivity contribution in [1.29, 1.82) is 0 Å². The molecule has 2 saturated heterocycles. The summed E-state index contributed by atoms with van der Waals surface area (Å²) in [5, 5.41) is 0. The molecule has 0 aromatic heterocycles. The van der Waals surface area contributed by atoms with Gasteiger partial charge in [0, 0.05) is 5.57 Å². The molecule has 0 saturated carbocycles. The van der Waals surface area contributed by atoms with Gasteiger partial charge in [-0.15, -0.1) is 0 Å². The van der Waals surface area contributed by atoms with Gasteiger partial charge in [0.1, 0.15) is 24.4 Å². The molecule has 0 aliphatic carbocycles. The summed E-state index contributed by atoms with van der Waals surface area (Å²) in [5.41, 5.74) is 1.63. The molecule has 4 rings (SSSR count). The van der Waals surface area contributed by atoms with Crippen molar-refractivity contribution in [2.24, 2.45) is 0 Å². The number of hydrogen-bond acceptors (Lipinski definition) is 6. The third kappa shape index (κ3) is 3.22. The second kappa shape index (κ2) is 6.21. The number of ether oxygens (including phenoxy) is 5. The van der Waals surface area contributed by atoms with Crippen molar-refractivity contribution in [1.82, 2.24) is 0 Å². The number of rotatable bonds is 4. The molecule has 0 bridgehead atoms. The van der Waals surface area contributed by atoms with Crippen LogP contribution in [0, 0.1) is 0 Å². The zero-order valence-corrected chi connectivity index (χ0v) is 14.5. The molecule has 3 aliphatic heterocycles. The molecule has 0 radical (unpaired) electrons. The zero-order valence-electron chi connectivity index (χ0n) is 14.5. The Labute approximate surface area is 146 Å². The number of hydrogen-bond donors (Lipinski definition) is 0. The maximum Gasteiger partial charge on any atom is 0.334 e. The summed E-state index contributed by atoms with van der Waals surface area (Å²) in [5.74, 6) is -1.05. The molecule has 25 heavy (non-hydrogen) atoms. The normalized spacial score (nSPS) is 36.2. The molecule has 5 atom stereocenters. The highest BCUT2D eigenvalue weighted by Crippen LogP contribution is 2.41. The van der Waals surface area contributed by atoms with Gasteiger partial charge < -0.3 is 23.7 Å². The summed E-state index contributed by atoms with van der Waals surface area (Å²) in [6, 6.07) is 9.89. The highest BCUT2D eigenvalue weighted by atomic mass is 16.8. The Hall–Kier alpha value is -1.73. The van der Waals surface area contributed by atoms with Crippen LogP contribution in [0.5, 0.6) is 0 Å². The Bertz CT molecular complexity index is 682. The van der Waals surface area contributed by atoms with E-state index >= 15 is 0 Å². The molecule has 1 aromatic rings. The highest BCUT2D eigenvalue weighted by Gasteiger charge is 2.58. The largest absolute Gasteiger partial charge is 0.452 e. The first-order valence-electron chi connectivity index (χ1n) is 8.49. The quantitative estimate of drug-likeness (QED) is 0.780. The van der Waals surface area contributed by atoms with Crippen LogP contribution in [0.2, 0.25) is 0 Å². The third-order valence-electron chi connectivity index (χ3n) is 4.62. The average molecular weight is 346 g/mol. The van der Waals surface area contributed by atoms with Gasteiger partial charge in [0.2, 0.25) is 0 Å². The van der Waals surface area contributed by atoms with Gasteiger partial charge in [0.15, 0.2) is 12.1 Å². The number of carbonyl (C=O) groups excluding carboxylic acids is 1. The summed E-state index contributed by atoms with van der Waals surface area (Å²) in [6.07, 6.45) is -0.472. The molecule has 0 N–H and O–H groups in total. The van der Waals surface area contributed by atoms with E-state index in [9.17, 15) is 4.79 Å². The second-order valence-corrected chi connectivity index (χ2v) is 7.05. The Morgan fingerprint density at radius 2 is 1.88 bits per heavy atom. The summed E-state index contributed by atoms with van der Waals surface area (Å²) >= 11 is 0. The standard InChI is InChI=1S/C19H22O6/c1-11-9-13(22-17(11)20)14-15(21-10-12-7-5-4-6-8-12)16-18(23-14)25-19(2,3)24-16/h4-9,13-16,18H,10H2,1-3H3/t13-,14-,15-,16-,18-/m1/s1. The van der Waals surface area contributed by atoms with Gasteiger partial charge >= 0.3 is 5.97 Å². The molecule has 0 unspecified atom stereocenters. The molecular formula is C19H22O6. The summed E-state index contributed by atoms with van der Waals surface area (Å²) in [7, 11) is 0. The minimum absolute atomic E-state index is 0.324. The number of esters is 1. The molecule has 3 aliphatic rings. The van der Waals surface area contributed by atoms with Crippen molar-refractivity contribution in [3.05, 3.63) is 47.5 Å². The molecule has 134 valence electrons. The minimum atomic E-state index is -0.729. The number of benzene rings is 1. The Morgan fingerprint density at radius 3 is 2.56 bits per heavy atom. The van der Waals surface area contributed by atoms with E-state index in [0.717, 1.165) is 5.56 Å². The van der Waals surface area contributed by atoms with E-state index in [1.807, 2.05) is 44.2 Å². The smallest absolute Gasteiger partial charge is 0.334 e. The molecule has 2 fully saturated rings. The lowest BCUT2D eigenvalue weighted by Crippen LogP contribution is -2.42. The van der Waals surface area contributed by atoms with Crippen molar-refractivity contribution in [2.75, 3.05) is 0 Å². The van der Waals surface area contributed by atoms with Gasteiger partial charge in [0.25, 0.3) is 0 Å². The number of cyclic esters (lactones) is 1. The first-order chi connectivity index (χ1) is 11.9. The fourth-order valence-corrected chi connectivity index (χ4v) is 3.45. The van der Waals surface area contributed by atoms with E-state index in [2.05, 4.69) is 0 Å². The Balaban J connectivity index is 1.53. The van der Waals surface area contributed by atoms with E-state index in [1.165, 1.54) is 0 Å². The molecule has 0 amide bonds. The van der Waals surface area contributed by atoms with Gasteiger partial charge in [-0.05, 0) is 32.4 Å². The topological polar surface area (TPSA) is 63.2 Å². The fourth-order valence-electron chi connectivity index (χ4n) is 3.45. The molecule has 1 aromatic carbocycles. The minimum Gasteiger partial charge on any atom is -0.452 e. The van der Waals surface area contributed by atoms with Crippen LogP contribution in [-0.4, -0.2) is 42.5 Å². The fraction of sp³-hybridized carbons (Fsp3) is 0.526. The lowest BCUT2D eigenvalue weighted by Gasteiger charge is -2.28. The van der Waals surface area contributed by atoms with E-state index in [0.29, 0.717) is 12.2 Å². The van der Waals surface area contributed by atoms with Crippen LogP contribution in [0.3, 0.4) is 0 Å². The maximum atomic E-state index is 11.7. The van der Waals surface area contributed by atoms with E-state index < -0.39 is 30.4 Å². The maximum absolute atomic E-state index is 11.7. The van der Waals surface area contributed by atoms with Gasteiger partial charge in [-0.3, -0.25) is 0 Å². The Kier molecular flexibility index (Phi) is 4.16. The van der Waals surface area contributed by atoms with Gasteiger partial charge in [-0.1, -0.05) is 30.3 Å². The molecule has 0 spiro atoms. The van der Waals surface area contributed by atoms with Crippen LogP contribution in [0.4, 0.5) is 0 Å². The second-order valence-electron chi connectivity index (χ2n) is 7.05. The molecule has 6 nitrogen and oxygen atoms in total. The highest BCUT2D eigenvalue weighted by molar-refractivity contribution is 5.90. The lowest BCUT2D eigenvalue weighted by molar-refractivity contribution is -0.228. The van der Waals surface area contributed by atoms with Crippen LogP contribution in [0.25, 0.3) is 0 Å². The molecule has 6 heteroatoms. The zero-order chi connectivity index (χ0) is 17.6. The number of carbonyl (C=O) groups is 1. The average Bonchev–Trinajstić information content (AvgIpc) is 3.16. The third-order valence-corrected chi connectivity index (χ3v) is 4.62. The SMILES string of the molecule is CC1=C[C@H]([C@H]2O[C@@H]3OC(C)(C)O[C@@H]3[C@@H]2OCc2ccccc2)OC1=O. The van der Waals surface area contributed by atoms with Crippen LogP contribution in [-0.2, 0) is 35.1 Å². The number of fused-ring (bicyclic) bond motifs is 1. The van der Waals surface area contributed by atoms with Gasteiger partial charge in [0.05, 0.1) is 6.61 Å². The first-order valence-corrected chi connectivity index (χ1v) is 8.49. The van der Waals surface area contributed by atoms with E-state index in [-0.39, 0.29) is 12.1 Å². The van der Waals surface area contributed by atoms with Crippen molar-refractivity contribution in [2.45, 2.75) is 63.9 Å². The van der Waals surface area contributed by atoms with Crippen molar-refractivity contribution in [3.63, 3.8) is 0 Å². The first kappa shape index (κ1) is 16.7. The Morgan fingerprint density at radius 1 is 1.12 bits per heavy atom. The predicted octanol–water partition coefficient (Wildman–Crippen LogP) is 2.32. The van der Waals surface area contributed by atoms with Crippen molar-refractivity contribution < 1.29 is 28.5 Å². The van der Waals surface area contributed by atoms with Gasteiger partial charge in [-0.25, -0.2) is 4.79 Å². The van der Waals surface area contributed by atoms with E-state index in [4.69, 9.17) is 23.7 Å². The summed E-state index contributed by atoms with van der Waals surface area (Å²) in [4.78, 5) is 11.7. The van der Waals surface area contributed by atoms with Crippen LogP contribution in [0.1, 0.15) is 26.3 Å². The van der Waals surface area contributed by atoms with Crippen LogP contribution < -0.4 is 0 Å². The lowest BCUT2D eigenvalue weighted by atomic mass is 10.0. The predicted molar refractivity (Wildman–Crippen MR) is 87.4 cm³/mol. The molecular weight excluding hydrogens is 324 g/mol. The van der Waals surface area contributed by atoms with Crippen molar-refractivity contribution >= 4 is 5.97 Å². The molecule has 3 heterocycles. The summed E-state index contributed by atoms with van der Waals surface area (Å²) in [6.45, 7) is 5.84. The monoisotopic (exact) mass is 346 g/mol. The summed E-state index contributed by atoms with van der Waals surface area (Å²) < 4.78 is 29.4. The van der Waals surface area contributed by atoms with E-state index in [1.54, 1.807) is 13.0 Å².